The standard InChI is InChI=1S/C15H14F2N2O/c1-15(2,11-5-7-18-8-6-11)19-14(20)10-3-4-12(16)13(17)9-10/h3-9H,1-2H3,(H,19,20). The molecule has 0 aliphatic heterocycles. The molecule has 3 nitrogen and oxygen atoms in total. The number of aromatic nitrogens is 1. The summed E-state index contributed by atoms with van der Waals surface area (Å²) in [5.74, 6) is -2.49. The van der Waals surface area contributed by atoms with Gasteiger partial charge in [-0.05, 0) is 49.7 Å². The molecule has 0 unspecified atom stereocenters. The average molecular weight is 276 g/mol. The number of hydrogen-bond donors (Lipinski definition) is 1. The third kappa shape index (κ3) is 2.99. The Kier molecular flexibility index (Phi) is 3.79. The van der Waals surface area contributed by atoms with Gasteiger partial charge in [-0.25, -0.2) is 8.78 Å². The molecule has 0 saturated carbocycles. The first kappa shape index (κ1) is 14.1. The molecule has 0 spiro atoms. The Morgan fingerprint density at radius 2 is 1.75 bits per heavy atom. The summed E-state index contributed by atoms with van der Waals surface area (Å²) >= 11 is 0. The predicted molar refractivity (Wildman–Crippen MR) is 71.1 cm³/mol. The van der Waals surface area contributed by atoms with Crippen LogP contribution < -0.4 is 5.32 Å². The highest BCUT2D eigenvalue weighted by atomic mass is 19.2. The highest BCUT2D eigenvalue weighted by molar-refractivity contribution is 5.94. The van der Waals surface area contributed by atoms with Gasteiger partial charge in [0.25, 0.3) is 5.91 Å². The van der Waals surface area contributed by atoms with Gasteiger partial charge in [0.15, 0.2) is 11.6 Å². The SMILES string of the molecule is CC(C)(NC(=O)c1ccc(F)c(F)c1)c1ccncc1. The van der Waals surface area contributed by atoms with Gasteiger partial charge in [0, 0.05) is 18.0 Å². The number of halogens is 2. The lowest BCUT2D eigenvalue weighted by Crippen LogP contribution is -2.41. The number of rotatable bonds is 3. The molecule has 104 valence electrons. The van der Waals surface area contributed by atoms with Gasteiger partial charge < -0.3 is 5.32 Å². The molecule has 0 bridgehead atoms. The number of carbonyl (C=O) groups excluding carboxylic acids is 1. The van der Waals surface area contributed by atoms with Crippen molar-refractivity contribution in [3.63, 3.8) is 0 Å². The molecule has 2 rings (SSSR count). The Hall–Kier alpha value is -2.30. The molecule has 0 radical (unpaired) electrons. The molecule has 2 aromatic rings. The van der Waals surface area contributed by atoms with Crippen LogP contribution in [0.5, 0.6) is 0 Å². The van der Waals surface area contributed by atoms with Gasteiger partial charge in [0.1, 0.15) is 0 Å². The normalized spacial score (nSPS) is 11.2. The summed E-state index contributed by atoms with van der Waals surface area (Å²) in [6, 6.07) is 6.63. The van der Waals surface area contributed by atoms with E-state index in [0.29, 0.717) is 0 Å². The second-order valence-electron chi connectivity index (χ2n) is 4.94. The average Bonchev–Trinajstić information content (AvgIpc) is 2.42. The van der Waals surface area contributed by atoms with Crippen LogP contribution in [0.2, 0.25) is 0 Å². The van der Waals surface area contributed by atoms with E-state index < -0.39 is 23.1 Å². The molecule has 1 N–H and O–H groups in total. The molecule has 20 heavy (non-hydrogen) atoms. The van der Waals surface area contributed by atoms with Crippen LogP contribution in [0.25, 0.3) is 0 Å². The fraction of sp³-hybridized carbons (Fsp3) is 0.200. The number of carbonyl (C=O) groups is 1. The van der Waals surface area contributed by atoms with E-state index in [9.17, 15) is 13.6 Å². The van der Waals surface area contributed by atoms with E-state index >= 15 is 0 Å². The fourth-order valence-electron chi connectivity index (χ4n) is 1.83. The van der Waals surface area contributed by atoms with Gasteiger partial charge in [-0.2, -0.15) is 0 Å². The highest BCUT2D eigenvalue weighted by Crippen LogP contribution is 2.20. The lowest BCUT2D eigenvalue weighted by atomic mass is 9.95. The summed E-state index contributed by atoms with van der Waals surface area (Å²) in [6.45, 7) is 3.64. The summed E-state index contributed by atoms with van der Waals surface area (Å²) in [4.78, 5) is 16.0. The molecule has 5 heteroatoms. The van der Waals surface area contributed by atoms with E-state index in [4.69, 9.17) is 0 Å². The van der Waals surface area contributed by atoms with E-state index in [2.05, 4.69) is 10.3 Å². The summed E-state index contributed by atoms with van der Waals surface area (Å²) in [5.41, 5.74) is 0.291. The van der Waals surface area contributed by atoms with Crippen molar-refractivity contribution in [2.45, 2.75) is 19.4 Å². The zero-order chi connectivity index (χ0) is 14.8. The van der Waals surface area contributed by atoms with Crippen LogP contribution in [0.1, 0.15) is 29.8 Å². The van der Waals surface area contributed by atoms with E-state index in [-0.39, 0.29) is 5.56 Å². The Balaban J connectivity index is 2.20. The molecule has 0 atom stereocenters. The summed E-state index contributed by atoms with van der Waals surface area (Å²) in [7, 11) is 0. The summed E-state index contributed by atoms with van der Waals surface area (Å²) < 4.78 is 26.0. The maximum atomic E-state index is 13.1. The van der Waals surface area contributed by atoms with Crippen LogP contribution in [0.15, 0.2) is 42.7 Å². The van der Waals surface area contributed by atoms with Gasteiger partial charge in [-0.3, -0.25) is 9.78 Å². The van der Waals surface area contributed by atoms with Crippen LogP contribution in [-0.4, -0.2) is 10.9 Å². The third-order valence-electron chi connectivity index (χ3n) is 3.01. The number of amides is 1. The van der Waals surface area contributed by atoms with E-state index in [1.54, 1.807) is 24.5 Å². The van der Waals surface area contributed by atoms with Crippen LogP contribution in [0.3, 0.4) is 0 Å². The molecule has 1 amide bonds. The van der Waals surface area contributed by atoms with Crippen molar-refractivity contribution in [1.82, 2.24) is 10.3 Å². The van der Waals surface area contributed by atoms with Gasteiger partial charge in [-0.1, -0.05) is 0 Å². The van der Waals surface area contributed by atoms with E-state index in [0.717, 1.165) is 17.7 Å². The maximum Gasteiger partial charge on any atom is 0.252 e. The molecular weight excluding hydrogens is 262 g/mol. The minimum atomic E-state index is -1.04. The molecule has 1 heterocycles. The zero-order valence-corrected chi connectivity index (χ0v) is 11.2. The number of pyridine rings is 1. The minimum Gasteiger partial charge on any atom is -0.343 e. The van der Waals surface area contributed by atoms with Gasteiger partial charge in [-0.15, -0.1) is 0 Å². The first-order valence-corrected chi connectivity index (χ1v) is 6.08. The Labute approximate surface area is 115 Å². The highest BCUT2D eigenvalue weighted by Gasteiger charge is 2.23. The third-order valence-corrected chi connectivity index (χ3v) is 3.01. The lowest BCUT2D eigenvalue weighted by Gasteiger charge is -2.26. The van der Waals surface area contributed by atoms with Gasteiger partial charge in [0.2, 0.25) is 0 Å². The number of benzene rings is 1. The molecule has 1 aromatic carbocycles. The molecule has 0 aliphatic carbocycles. The Morgan fingerprint density at radius 3 is 2.35 bits per heavy atom. The lowest BCUT2D eigenvalue weighted by molar-refractivity contribution is 0.0911. The molecule has 0 aliphatic rings. The molecule has 1 aromatic heterocycles. The van der Waals surface area contributed by atoms with E-state index in [1.165, 1.54) is 6.07 Å². The monoisotopic (exact) mass is 276 g/mol. The Bertz CT molecular complexity index is 627. The van der Waals surface area contributed by atoms with Crippen LogP contribution in [0, 0.1) is 11.6 Å². The number of hydrogen-bond acceptors (Lipinski definition) is 2. The summed E-state index contributed by atoms with van der Waals surface area (Å²) in [5, 5.41) is 2.78. The van der Waals surface area contributed by atoms with Gasteiger partial charge in [0.05, 0.1) is 5.54 Å². The largest absolute Gasteiger partial charge is 0.343 e. The number of nitrogens with one attached hydrogen (secondary N) is 1. The fourth-order valence-corrected chi connectivity index (χ4v) is 1.83. The summed E-state index contributed by atoms with van der Waals surface area (Å²) in [6.07, 6.45) is 3.25. The Morgan fingerprint density at radius 1 is 1.10 bits per heavy atom. The first-order valence-electron chi connectivity index (χ1n) is 6.08. The predicted octanol–water partition coefficient (Wildman–Crippen LogP) is 3.02. The van der Waals surface area contributed by atoms with Crippen molar-refractivity contribution in [1.29, 1.82) is 0 Å². The zero-order valence-electron chi connectivity index (χ0n) is 11.2. The van der Waals surface area contributed by atoms with Crippen molar-refractivity contribution in [2.24, 2.45) is 0 Å². The van der Waals surface area contributed by atoms with Crippen LogP contribution in [-0.2, 0) is 5.54 Å². The molecular formula is C15H14F2N2O. The van der Waals surface area contributed by atoms with Crippen molar-refractivity contribution < 1.29 is 13.6 Å². The van der Waals surface area contributed by atoms with Crippen LogP contribution >= 0.6 is 0 Å². The van der Waals surface area contributed by atoms with Gasteiger partial charge >= 0.3 is 0 Å². The second kappa shape index (κ2) is 5.36. The van der Waals surface area contributed by atoms with Crippen LogP contribution in [0.4, 0.5) is 8.78 Å². The van der Waals surface area contributed by atoms with Crippen molar-refractivity contribution >= 4 is 5.91 Å². The van der Waals surface area contributed by atoms with Crippen molar-refractivity contribution in [3.05, 3.63) is 65.5 Å². The number of nitrogens with zero attached hydrogens (tertiary/aromatic N) is 1. The van der Waals surface area contributed by atoms with Crippen molar-refractivity contribution in [2.75, 3.05) is 0 Å². The first-order chi connectivity index (χ1) is 9.40. The topological polar surface area (TPSA) is 42.0 Å². The minimum absolute atomic E-state index is 0.0750. The molecule has 0 saturated heterocycles. The molecule has 0 fully saturated rings. The van der Waals surface area contributed by atoms with Crippen molar-refractivity contribution in [3.8, 4) is 0 Å². The maximum absolute atomic E-state index is 13.1. The smallest absolute Gasteiger partial charge is 0.252 e. The quantitative estimate of drug-likeness (QED) is 0.936. The van der Waals surface area contributed by atoms with E-state index in [1.807, 2.05) is 13.8 Å². The second-order valence-corrected chi connectivity index (χ2v) is 4.94.